The van der Waals surface area contributed by atoms with Crippen LogP contribution in [0.4, 0.5) is 0 Å². The van der Waals surface area contributed by atoms with Gasteiger partial charge in [-0.05, 0) is 25.7 Å². The van der Waals surface area contributed by atoms with Crippen molar-refractivity contribution in [3.8, 4) is 12.3 Å². The Morgan fingerprint density at radius 2 is 2.00 bits per heavy atom. The second-order valence-corrected chi connectivity index (χ2v) is 5.23. The molecule has 0 amide bonds. The molecule has 2 N–H and O–H groups in total. The first-order chi connectivity index (χ1) is 8.08. The molecule has 0 aromatic carbocycles. The van der Waals surface area contributed by atoms with Gasteiger partial charge >= 0.3 is 0 Å². The summed E-state index contributed by atoms with van der Waals surface area (Å²) in [6.45, 7) is 4.98. The number of hydrogen-bond donors (Lipinski definition) is 2. The summed E-state index contributed by atoms with van der Waals surface area (Å²) in [6, 6.07) is 0.376. The minimum atomic E-state index is -0.482. The van der Waals surface area contributed by atoms with Gasteiger partial charge in [0.2, 0.25) is 0 Å². The minimum absolute atomic E-state index is 0.323. The third-order valence-electron chi connectivity index (χ3n) is 3.24. The van der Waals surface area contributed by atoms with E-state index in [1.54, 1.807) is 0 Å². The summed E-state index contributed by atoms with van der Waals surface area (Å²) in [6.07, 6.45) is 10.4. The van der Waals surface area contributed by atoms with Gasteiger partial charge in [-0.25, -0.2) is 0 Å². The van der Waals surface area contributed by atoms with Crippen molar-refractivity contribution in [3.05, 3.63) is 0 Å². The van der Waals surface area contributed by atoms with Gasteiger partial charge in [-0.2, -0.15) is 0 Å². The molecule has 98 valence electrons. The highest BCUT2D eigenvalue weighted by Gasteiger charge is 2.31. The minimum Gasteiger partial charge on any atom is -0.389 e. The van der Waals surface area contributed by atoms with Gasteiger partial charge in [0.05, 0.1) is 12.7 Å². The molecule has 1 saturated carbocycles. The zero-order valence-corrected chi connectivity index (χ0v) is 11.0. The van der Waals surface area contributed by atoms with Crippen LogP contribution in [0.1, 0.15) is 46.0 Å². The third-order valence-corrected chi connectivity index (χ3v) is 3.24. The van der Waals surface area contributed by atoms with Crippen LogP contribution in [0.3, 0.4) is 0 Å². The van der Waals surface area contributed by atoms with Crippen LogP contribution in [0.15, 0.2) is 0 Å². The van der Waals surface area contributed by atoms with Crippen molar-refractivity contribution in [1.82, 2.24) is 5.32 Å². The molecule has 0 heterocycles. The Balaban J connectivity index is 2.30. The molecule has 0 spiro atoms. The second-order valence-electron chi connectivity index (χ2n) is 5.23. The fourth-order valence-corrected chi connectivity index (χ4v) is 2.14. The van der Waals surface area contributed by atoms with Crippen LogP contribution in [-0.4, -0.2) is 36.0 Å². The molecule has 1 fully saturated rings. The topological polar surface area (TPSA) is 41.5 Å². The predicted molar refractivity (Wildman–Crippen MR) is 69.7 cm³/mol. The lowest BCUT2D eigenvalue weighted by Gasteiger charge is -2.33. The van der Waals surface area contributed by atoms with Crippen molar-refractivity contribution < 1.29 is 9.84 Å². The first-order valence-electron chi connectivity index (χ1n) is 6.61. The van der Waals surface area contributed by atoms with E-state index in [0.29, 0.717) is 19.2 Å². The van der Waals surface area contributed by atoms with E-state index in [4.69, 9.17) is 11.2 Å². The molecule has 3 heteroatoms. The van der Waals surface area contributed by atoms with E-state index >= 15 is 0 Å². The highest BCUT2D eigenvalue weighted by Crippen LogP contribution is 2.30. The number of aliphatic hydroxyl groups excluding tert-OH is 1. The van der Waals surface area contributed by atoms with E-state index in [-0.39, 0.29) is 0 Å². The van der Waals surface area contributed by atoms with E-state index < -0.39 is 11.7 Å². The summed E-state index contributed by atoms with van der Waals surface area (Å²) in [4.78, 5) is 0. The van der Waals surface area contributed by atoms with Crippen LogP contribution < -0.4 is 5.32 Å². The van der Waals surface area contributed by atoms with Crippen LogP contribution in [0.5, 0.6) is 0 Å². The molecule has 1 aliphatic rings. The van der Waals surface area contributed by atoms with Crippen molar-refractivity contribution in [2.75, 3.05) is 13.2 Å². The number of aliphatic hydroxyl groups is 1. The van der Waals surface area contributed by atoms with Gasteiger partial charge in [0.1, 0.15) is 5.60 Å². The average molecular weight is 239 g/mol. The molecule has 1 atom stereocenters. The van der Waals surface area contributed by atoms with Gasteiger partial charge < -0.3 is 15.2 Å². The van der Waals surface area contributed by atoms with Crippen molar-refractivity contribution in [2.45, 2.75) is 63.7 Å². The normalized spacial score (nSPS) is 21.1. The smallest absolute Gasteiger partial charge is 0.128 e. The lowest BCUT2D eigenvalue weighted by atomic mass is 9.85. The molecule has 0 unspecified atom stereocenters. The van der Waals surface area contributed by atoms with Crippen molar-refractivity contribution in [3.63, 3.8) is 0 Å². The summed E-state index contributed by atoms with van der Waals surface area (Å²) in [5.74, 6) is 2.78. The summed E-state index contributed by atoms with van der Waals surface area (Å²) < 4.78 is 5.79. The van der Waals surface area contributed by atoms with Crippen molar-refractivity contribution >= 4 is 0 Å². The number of nitrogens with one attached hydrogen (secondary N) is 1. The Hall–Kier alpha value is -0.560. The van der Waals surface area contributed by atoms with Gasteiger partial charge in [-0.15, -0.1) is 6.42 Å². The predicted octanol–water partition coefficient (Wildman–Crippen LogP) is 1.70. The van der Waals surface area contributed by atoms with E-state index in [1.165, 1.54) is 6.42 Å². The molecule has 0 aromatic heterocycles. The molecule has 1 rings (SSSR count). The quantitative estimate of drug-likeness (QED) is 0.693. The highest BCUT2D eigenvalue weighted by atomic mass is 16.5. The van der Waals surface area contributed by atoms with Gasteiger partial charge in [-0.3, -0.25) is 0 Å². The summed E-state index contributed by atoms with van der Waals surface area (Å²) >= 11 is 0. The fraction of sp³-hybridized carbons (Fsp3) is 0.857. The van der Waals surface area contributed by atoms with E-state index in [1.807, 2.05) is 0 Å². The molecule has 0 saturated heterocycles. The van der Waals surface area contributed by atoms with Gasteiger partial charge in [0, 0.05) is 12.6 Å². The Morgan fingerprint density at radius 1 is 1.35 bits per heavy atom. The SMILES string of the molecule is C#CC1(OC[C@H](O)CNC(C)C)CCCCC1. The monoisotopic (exact) mass is 239 g/mol. The van der Waals surface area contributed by atoms with Gasteiger partial charge in [0.25, 0.3) is 0 Å². The molecule has 0 bridgehead atoms. The Labute approximate surface area is 105 Å². The van der Waals surface area contributed by atoms with Crippen LogP contribution in [0.25, 0.3) is 0 Å². The van der Waals surface area contributed by atoms with Crippen LogP contribution in [-0.2, 0) is 4.74 Å². The second kappa shape index (κ2) is 7.00. The standard InChI is InChI=1S/C14H25NO2/c1-4-14(8-6-5-7-9-14)17-11-13(16)10-15-12(2)3/h1,12-13,15-16H,5-11H2,2-3H3/t13-/m1/s1. The lowest BCUT2D eigenvalue weighted by Crippen LogP contribution is -2.40. The van der Waals surface area contributed by atoms with Gasteiger partial charge in [-0.1, -0.05) is 26.2 Å². The number of rotatable bonds is 6. The molecule has 1 aliphatic carbocycles. The molecule has 0 aliphatic heterocycles. The van der Waals surface area contributed by atoms with E-state index in [2.05, 4.69) is 25.1 Å². The molecule has 17 heavy (non-hydrogen) atoms. The summed E-state index contributed by atoms with van der Waals surface area (Å²) in [5.41, 5.74) is -0.420. The number of hydrogen-bond acceptors (Lipinski definition) is 3. The van der Waals surface area contributed by atoms with Crippen LogP contribution >= 0.6 is 0 Å². The maximum Gasteiger partial charge on any atom is 0.128 e. The molecule has 3 nitrogen and oxygen atoms in total. The first-order valence-corrected chi connectivity index (χ1v) is 6.61. The average Bonchev–Trinajstić information content (AvgIpc) is 2.35. The molecule has 0 aromatic rings. The first kappa shape index (κ1) is 14.5. The van der Waals surface area contributed by atoms with E-state index in [9.17, 15) is 5.11 Å². The lowest BCUT2D eigenvalue weighted by molar-refractivity contribution is -0.0632. The van der Waals surface area contributed by atoms with Crippen LogP contribution in [0, 0.1) is 12.3 Å². The Morgan fingerprint density at radius 3 is 2.53 bits per heavy atom. The van der Waals surface area contributed by atoms with Crippen molar-refractivity contribution in [1.29, 1.82) is 0 Å². The highest BCUT2D eigenvalue weighted by molar-refractivity contribution is 5.09. The number of ether oxygens (including phenoxy) is 1. The van der Waals surface area contributed by atoms with E-state index in [0.717, 1.165) is 25.7 Å². The zero-order valence-electron chi connectivity index (χ0n) is 11.0. The van der Waals surface area contributed by atoms with Crippen LogP contribution in [0.2, 0.25) is 0 Å². The van der Waals surface area contributed by atoms with Crippen molar-refractivity contribution in [2.24, 2.45) is 0 Å². The maximum atomic E-state index is 9.78. The summed E-state index contributed by atoms with van der Waals surface area (Å²) in [5, 5.41) is 13.0. The zero-order chi connectivity index (χ0) is 12.7. The Bertz CT molecular complexity index is 251. The van der Waals surface area contributed by atoms with Gasteiger partial charge in [0.15, 0.2) is 0 Å². The largest absolute Gasteiger partial charge is 0.389 e. The fourth-order valence-electron chi connectivity index (χ4n) is 2.14. The maximum absolute atomic E-state index is 9.78. The number of terminal acetylenes is 1. The molecular formula is C14H25NO2. The molecular weight excluding hydrogens is 214 g/mol. The summed E-state index contributed by atoms with van der Waals surface area (Å²) in [7, 11) is 0. The third kappa shape index (κ3) is 5.08. The Kier molecular flexibility index (Phi) is 5.97. The molecule has 0 radical (unpaired) electrons.